The first kappa shape index (κ1) is 7.86. The van der Waals surface area contributed by atoms with Crippen LogP contribution in [0.25, 0.3) is 6.20 Å². The van der Waals surface area contributed by atoms with Crippen LogP contribution in [0.15, 0.2) is 24.4 Å². The predicted molar refractivity (Wildman–Crippen MR) is 55.8 cm³/mol. The molecule has 1 atom stereocenters. The van der Waals surface area contributed by atoms with E-state index in [4.69, 9.17) is 0 Å². The Hall–Kier alpha value is -0.763. The summed E-state index contributed by atoms with van der Waals surface area (Å²) in [5.41, 5.74) is 2.20. The van der Waals surface area contributed by atoms with Gasteiger partial charge in [0.1, 0.15) is 0 Å². The van der Waals surface area contributed by atoms with Crippen LogP contribution in [0.4, 0.5) is 0 Å². The molecule has 1 nitrogen and oxygen atoms in total. The third-order valence-corrected chi connectivity index (χ3v) is 4.86. The lowest BCUT2D eigenvalue weighted by atomic mass is 10.3. The van der Waals surface area contributed by atoms with E-state index in [2.05, 4.69) is 54.8 Å². The fourth-order valence-corrected chi connectivity index (χ4v) is 3.61. The molecule has 1 aromatic rings. The average Bonchev–Trinajstić information content (AvgIpc) is 2.37. The minimum atomic E-state index is -1.05. The van der Waals surface area contributed by atoms with Crippen LogP contribution < -0.4 is 0 Å². The Kier molecular flexibility index (Phi) is 1.55. The van der Waals surface area contributed by atoms with Crippen molar-refractivity contribution in [3.63, 3.8) is 0 Å². The van der Waals surface area contributed by atoms with Gasteiger partial charge >= 0.3 is 0 Å². The second-order valence-electron chi connectivity index (χ2n) is 4.53. The first-order valence-corrected chi connectivity index (χ1v) is 8.02. The van der Waals surface area contributed by atoms with Crippen LogP contribution in [-0.4, -0.2) is 12.6 Å². The number of rotatable bonds is 1. The molecule has 0 radical (unpaired) electrons. The van der Waals surface area contributed by atoms with E-state index in [1.165, 1.54) is 5.69 Å². The molecule has 12 heavy (non-hydrogen) atoms. The Morgan fingerprint density at radius 3 is 2.75 bits per heavy atom. The van der Waals surface area contributed by atoms with Crippen LogP contribution in [0.3, 0.4) is 0 Å². The first-order valence-electron chi connectivity index (χ1n) is 4.44. The fourth-order valence-electron chi connectivity index (χ4n) is 1.82. The molecule has 2 heteroatoms. The Labute approximate surface area is 74.7 Å². The van der Waals surface area contributed by atoms with Crippen LogP contribution in [-0.2, 0) is 0 Å². The SMILES string of the molecule is C[Si](C)(C)C1C=Cn2cccc21. The molecule has 0 aliphatic carbocycles. The molecular weight excluding hydrogens is 162 g/mol. The molecule has 0 spiro atoms. The number of hydrogen-bond acceptors (Lipinski definition) is 0. The molecule has 0 fully saturated rings. The number of allylic oxidation sites excluding steroid dienone is 1. The molecule has 64 valence electrons. The van der Waals surface area contributed by atoms with Crippen molar-refractivity contribution in [2.45, 2.75) is 25.2 Å². The molecule has 1 unspecified atom stereocenters. The van der Waals surface area contributed by atoms with Crippen molar-refractivity contribution < 1.29 is 0 Å². The topological polar surface area (TPSA) is 4.93 Å². The van der Waals surface area contributed by atoms with E-state index >= 15 is 0 Å². The summed E-state index contributed by atoms with van der Waals surface area (Å²) in [6, 6.07) is 4.37. The lowest BCUT2D eigenvalue weighted by Crippen LogP contribution is -2.28. The molecule has 2 rings (SSSR count). The Balaban J connectivity index is 2.41. The zero-order valence-electron chi connectivity index (χ0n) is 7.91. The van der Waals surface area contributed by atoms with Gasteiger partial charge in [0.25, 0.3) is 0 Å². The number of aromatic nitrogens is 1. The van der Waals surface area contributed by atoms with Crippen molar-refractivity contribution in [2.24, 2.45) is 0 Å². The van der Waals surface area contributed by atoms with Crippen molar-refractivity contribution in [1.29, 1.82) is 0 Å². The molecular formula is C10H15NSi. The van der Waals surface area contributed by atoms with Gasteiger partial charge < -0.3 is 4.57 Å². The standard InChI is InChI=1S/C10H15NSi/c1-12(2,3)10-6-8-11-7-4-5-9(10)11/h4-8,10H,1-3H3. The summed E-state index contributed by atoms with van der Waals surface area (Å²) in [4.78, 5) is 0. The average molecular weight is 177 g/mol. The Morgan fingerprint density at radius 1 is 1.33 bits per heavy atom. The van der Waals surface area contributed by atoms with E-state index in [-0.39, 0.29) is 0 Å². The highest BCUT2D eigenvalue weighted by molar-refractivity contribution is 6.78. The molecule has 0 aromatic carbocycles. The van der Waals surface area contributed by atoms with E-state index in [1.54, 1.807) is 0 Å². The highest BCUT2D eigenvalue weighted by Crippen LogP contribution is 2.32. The van der Waals surface area contributed by atoms with Gasteiger partial charge in [0.2, 0.25) is 0 Å². The van der Waals surface area contributed by atoms with Crippen molar-refractivity contribution in [3.8, 4) is 0 Å². The van der Waals surface area contributed by atoms with E-state index in [9.17, 15) is 0 Å². The van der Waals surface area contributed by atoms with Crippen molar-refractivity contribution >= 4 is 14.3 Å². The molecule has 0 amide bonds. The smallest absolute Gasteiger partial charge is 0.0585 e. The van der Waals surface area contributed by atoms with E-state index in [0.29, 0.717) is 5.54 Å². The van der Waals surface area contributed by atoms with Crippen LogP contribution in [0.1, 0.15) is 11.2 Å². The largest absolute Gasteiger partial charge is 0.328 e. The summed E-state index contributed by atoms with van der Waals surface area (Å²) in [6.45, 7) is 7.26. The summed E-state index contributed by atoms with van der Waals surface area (Å²) in [6.07, 6.45) is 6.67. The lowest BCUT2D eigenvalue weighted by Gasteiger charge is -2.22. The molecule has 0 bridgehead atoms. The molecule has 0 N–H and O–H groups in total. The summed E-state index contributed by atoms with van der Waals surface area (Å²) in [5, 5.41) is 0. The summed E-state index contributed by atoms with van der Waals surface area (Å²) >= 11 is 0. The van der Waals surface area contributed by atoms with Crippen molar-refractivity contribution in [1.82, 2.24) is 4.57 Å². The van der Waals surface area contributed by atoms with Crippen molar-refractivity contribution in [3.05, 3.63) is 30.1 Å². The fraction of sp³-hybridized carbons (Fsp3) is 0.400. The molecule has 1 aliphatic heterocycles. The maximum Gasteiger partial charge on any atom is 0.0585 e. The van der Waals surface area contributed by atoms with Gasteiger partial charge in [-0.2, -0.15) is 0 Å². The van der Waals surface area contributed by atoms with Gasteiger partial charge in [-0.3, -0.25) is 0 Å². The van der Waals surface area contributed by atoms with E-state index < -0.39 is 8.07 Å². The molecule has 0 saturated heterocycles. The van der Waals surface area contributed by atoms with E-state index in [0.717, 1.165) is 0 Å². The predicted octanol–water partition coefficient (Wildman–Crippen LogP) is 2.93. The summed E-state index contributed by atoms with van der Waals surface area (Å²) < 4.78 is 2.24. The van der Waals surface area contributed by atoms with Gasteiger partial charge in [0, 0.05) is 23.6 Å². The van der Waals surface area contributed by atoms with Gasteiger partial charge in [-0.15, -0.1) is 0 Å². The van der Waals surface area contributed by atoms with Crippen LogP contribution >= 0.6 is 0 Å². The maximum atomic E-state index is 2.42. The Morgan fingerprint density at radius 2 is 2.08 bits per heavy atom. The van der Waals surface area contributed by atoms with Gasteiger partial charge in [0.15, 0.2) is 0 Å². The molecule has 2 heterocycles. The zero-order valence-corrected chi connectivity index (χ0v) is 8.91. The molecule has 1 aromatic heterocycles. The third-order valence-electron chi connectivity index (χ3n) is 2.50. The maximum absolute atomic E-state index is 2.42. The molecule has 1 aliphatic rings. The zero-order chi connectivity index (χ0) is 8.77. The summed E-state index contributed by atoms with van der Waals surface area (Å²) in [7, 11) is -1.05. The van der Waals surface area contributed by atoms with Gasteiger partial charge in [-0.25, -0.2) is 0 Å². The minimum absolute atomic E-state index is 0.715. The van der Waals surface area contributed by atoms with Gasteiger partial charge in [-0.1, -0.05) is 25.7 Å². The van der Waals surface area contributed by atoms with Gasteiger partial charge in [0.05, 0.1) is 8.07 Å². The second-order valence-corrected chi connectivity index (χ2v) is 9.88. The number of hydrogen-bond donors (Lipinski definition) is 0. The normalized spacial score (nSPS) is 21.4. The monoisotopic (exact) mass is 177 g/mol. The number of fused-ring (bicyclic) bond motifs is 1. The molecule has 0 saturated carbocycles. The quantitative estimate of drug-likeness (QED) is 0.581. The highest BCUT2D eigenvalue weighted by Gasteiger charge is 2.30. The summed E-state index contributed by atoms with van der Waals surface area (Å²) in [5.74, 6) is 0. The highest BCUT2D eigenvalue weighted by atomic mass is 28.3. The van der Waals surface area contributed by atoms with Crippen LogP contribution in [0, 0.1) is 0 Å². The number of nitrogens with zero attached hydrogens (tertiary/aromatic N) is 1. The first-order chi connectivity index (χ1) is 5.59. The lowest BCUT2D eigenvalue weighted by molar-refractivity contribution is 1.03. The third kappa shape index (κ3) is 1.07. The van der Waals surface area contributed by atoms with Crippen LogP contribution in [0.2, 0.25) is 19.6 Å². The Bertz CT molecular complexity index is 317. The minimum Gasteiger partial charge on any atom is -0.328 e. The second kappa shape index (κ2) is 2.36. The van der Waals surface area contributed by atoms with Crippen molar-refractivity contribution in [2.75, 3.05) is 0 Å². The van der Waals surface area contributed by atoms with Gasteiger partial charge in [-0.05, 0) is 12.1 Å². The van der Waals surface area contributed by atoms with Crippen LogP contribution in [0.5, 0.6) is 0 Å². The van der Waals surface area contributed by atoms with E-state index in [1.807, 2.05) is 0 Å².